The highest BCUT2D eigenvalue weighted by Crippen LogP contribution is 2.37. The maximum absolute atomic E-state index is 12.5. The molecule has 1 aliphatic rings. The summed E-state index contributed by atoms with van der Waals surface area (Å²) in [5.41, 5.74) is 2.02. The lowest BCUT2D eigenvalue weighted by atomic mass is 9.74. The lowest BCUT2D eigenvalue weighted by molar-refractivity contribution is -0.127. The highest BCUT2D eigenvalue weighted by atomic mass is 79.9. The van der Waals surface area contributed by atoms with Crippen molar-refractivity contribution in [3.63, 3.8) is 0 Å². The van der Waals surface area contributed by atoms with E-state index in [-0.39, 0.29) is 5.78 Å². The number of ketones is 1. The minimum atomic E-state index is -0.490. The quantitative estimate of drug-likeness (QED) is 0.481. The fourth-order valence-corrected chi connectivity index (χ4v) is 3.21. The van der Waals surface area contributed by atoms with Crippen LogP contribution in [-0.2, 0) is 16.1 Å². The summed E-state index contributed by atoms with van der Waals surface area (Å²) in [4.78, 5) is 12.5. The molecule has 1 aromatic rings. The van der Waals surface area contributed by atoms with Crippen molar-refractivity contribution in [2.24, 2.45) is 5.41 Å². The number of benzene rings is 1. The molecule has 1 atom stereocenters. The molecule has 0 radical (unpaired) electrons. The van der Waals surface area contributed by atoms with Crippen LogP contribution in [-0.4, -0.2) is 16.7 Å². The molecule has 0 spiro atoms. The first-order chi connectivity index (χ1) is 10.8. The largest absolute Gasteiger partial charge is 0.376 e. The molecule has 0 bridgehead atoms. The number of Topliss-reactive ketones (excluding diaryl/α,β-unsaturated/α-hetero) is 1. The molecule has 0 aliphatic heterocycles. The normalized spacial score (nSPS) is 21.1. The van der Waals surface area contributed by atoms with Crippen molar-refractivity contribution in [3.8, 4) is 0 Å². The minimum Gasteiger partial charge on any atom is -0.376 e. The molecule has 0 N–H and O–H groups in total. The van der Waals surface area contributed by atoms with Gasteiger partial charge in [0, 0.05) is 5.41 Å². The van der Waals surface area contributed by atoms with E-state index in [1.54, 1.807) is 0 Å². The lowest BCUT2D eigenvalue weighted by Gasteiger charge is -2.31. The van der Waals surface area contributed by atoms with Gasteiger partial charge in [0.05, 0.1) is 17.5 Å². The number of hydrogen-bond acceptors (Lipinski definition) is 2. The molecule has 0 amide bonds. The molecule has 2 nitrogen and oxygen atoms in total. The standard InChI is InChI=1S/C20H25BrO2/c1-19(2,21)18(22)20(3)12-9-16(10-13-20)11-14-23-15-17-7-5-4-6-8-17/h4-10,12H,11,13-15H2,1-3H3. The predicted octanol–water partition coefficient (Wildman–Crippen LogP) is 5.23. The van der Waals surface area contributed by atoms with Gasteiger partial charge < -0.3 is 4.74 Å². The Kier molecular flexibility index (Phi) is 5.99. The van der Waals surface area contributed by atoms with E-state index in [0.717, 1.165) is 12.8 Å². The second kappa shape index (κ2) is 7.59. The molecule has 23 heavy (non-hydrogen) atoms. The number of carbonyl (C=O) groups excluding carboxylic acids is 1. The van der Waals surface area contributed by atoms with Crippen molar-refractivity contribution in [1.82, 2.24) is 0 Å². The smallest absolute Gasteiger partial charge is 0.158 e. The first-order valence-corrected chi connectivity index (χ1v) is 8.84. The van der Waals surface area contributed by atoms with Gasteiger partial charge in [-0.3, -0.25) is 4.79 Å². The molecule has 0 fully saturated rings. The van der Waals surface area contributed by atoms with Gasteiger partial charge in [-0.1, -0.05) is 64.5 Å². The van der Waals surface area contributed by atoms with Crippen molar-refractivity contribution >= 4 is 21.7 Å². The maximum Gasteiger partial charge on any atom is 0.158 e. The van der Waals surface area contributed by atoms with Crippen LogP contribution in [0.1, 0.15) is 39.2 Å². The molecule has 1 unspecified atom stereocenters. The van der Waals surface area contributed by atoms with Gasteiger partial charge in [0.25, 0.3) is 0 Å². The zero-order valence-electron chi connectivity index (χ0n) is 14.1. The van der Waals surface area contributed by atoms with E-state index in [0.29, 0.717) is 13.2 Å². The molecular formula is C20H25BrO2. The summed E-state index contributed by atoms with van der Waals surface area (Å²) in [6, 6.07) is 10.2. The molecule has 2 rings (SSSR count). The Balaban J connectivity index is 1.79. The second-order valence-corrected chi connectivity index (χ2v) is 8.81. The van der Waals surface area contributed by atoms with Gasteiger partial charge in [0.15, 0.2) is 5.78 Å². The highest BCUT2D eigenvalue weighted by molar-refractivity contribution is 9.10. The van der Waals surface area contributed by atoms with Gasteiger partial charge in [-0.15, -0.1) is 0 Å². The van der Waals surface area contributed by atoms with Gasteiger partial charge in [-0.2, -0.15) is 0 Å². The van der Waals surface area contributed by atoms with Gasteiger partial charge in [0.2, 0.25) is 0 Å². The Morgan fingerprint density at radius 2 is 2.00 bits per heavy atom. The monoisotopic (exact) mass is 376 g/mol. The Morgan fingerprint density at radius 3 is 2.57 bits per heavy atom. The minimum absolute atomic E-state index is 0.219. The number of halogens is 1. The SMILES string of the molecule is CC(C)(Br)C(=O)C1(C)C=CC(CCOCc2ccccc2)=CC1. The first-order valence-electron chi connectivity index (χ1n) is 8.05. The average molecular weight is 377 g/mol. The van der Waals surface area contributed by atoms with Crippen LogP contribution >= 0.6 is 15.9 Å². The molecule has 1 aliphatic carbocycles. The Hall–Kier alpha value is -1.19. The summed E-state index contributed by atoms with van der Waals surface area (Å²) in [5.74, 6) is 0.219. The summed E-state index contributed by atoms with van der Waals surface area (Å²) >= 11 is 3.48. The topological polar surface area (TPSA) is 26.3 Å². The van der Waals surface area contributed by atoms with E-state index in [1.165, 1.54) is 11.1 Å². The number of rotatable bonds is 7. The van der Waals surface area contributed by atoms with Crippen LogP contribution in [0.2, 0.25) is 0 Å². The van der Waals surface area contributed by atoms with Gasteiger partial charge in [0.1, 0.15) is 0 Å². The van der Waals surface area contributed by atoms with Crippen LogP contribution in [0.15, 0.2) is 54.1 Å². The van der Waals surface area contributed by atoms with Crippen LogP contribution in [0.25, 0.3) is 0 Å². The number of allylic oxidation sites excluding steroid dienone is 3. The number of carbonyl (C=O) groups is 1. The zero-order valence-corrected chi connectivity index (χ0v) is 15.7. The van der Waals surface area contributed by atoms with Crippen LogP contribution in [0, 0.1) is 5.41 Å². The molecule has 0 saturated carbocycles. The third-order valence-corrected chi connectivity index (χ3v) is 4.52. The van der Waals surface area contributed by atoms with Crippen molar-refractivity contribution in [2.75, 3.05) is 6.61 Å². The number of alkyl halides is 1. The van der Waals surface area contributed by atoms with Gasteiger partial charge in [-0.25, -0.2) is 0 Å². The van der Waals surface area contributed by atoms with E-state index in [1.807, 2.05) is 45.0 Å². The third kappa shape index (κ3) is 5.15. The van der Waals surface area contributed by atoms with Crippen LogP contribution in [0.5, 0.6) is 0 Å². The summed E-state index contributed by atoms with van der Waals surface area (Å²) < 4.78 is 5.24. The zero-order chi connectivity index (χ0) is 16.9. The molecule has 0 heterocycles. The van der Waals surface area contributed by atoms with Crippen molar-refractivity contribution in [1.29, 1.82) is 0 Å². The fourth-order valence-electron chi connectivity index (χ4n) is 2.76. The van der Waals surface area contributed by atoms with Crippen LogP contribution in [0.4, 0.5) is 0 Å². The second-order valence-electron chi connectivity index (χ2n) is 6.82. The van der Waals surface area contributed by atoms with Crippen LogP contribution in [0.3, 0.4) is 0 Å². The van der Waals surface area contributed by atoms with Crippen molar-refractivity contribution < 1.29 is 9.53 Å². The summed E-state index contributed by atoms with van der Waals surface area (Å²) in [7, 11) is 0. The molecule has 124 valence electrons. The lowest BCUT2D eigenvalue weighted by Crippen LogP contribution is -2.38. The summed E-state index contributed by atoms with van der Waals surface area (Å²) in [5, 5.41) is 0. The molecule has 3 heteroatoms. The highest BCUT2D eigenvalue weighted by Gasteiger charge is 2.39. The van der Waals surface area contributed by atoms with Crippen molar-refractivity contribution in [3.05, 3.63) is 59.7 Å². The van der Waals surface area contributed by atoms with E-state index in [2.05, 4.69) is 40.2 Å². The Bertz CT molecular complexity index is 596. The molecule has 0 aromatic heterocycles. The van der Waals surface area contributed by atoms with Crippen LogP contribution < -0.4 is 0 Å². The molecular weight excluding hydrogens is 352 g/mol. The maximum atomic E-state index is 12.5. The Morgan fingerprint density at radius 1 is 1.30 bits per heavy atom. The fraction of sp³-hybridized carbons (Fsp3) is 0.450. The number of ether oxygens (including phenoxy) is 1. The predicted molar refractivity (Wildman–Crippen MR) is 98.7 cm³/mol. The average Bonchev–Trinajstić information content (AvgIpc) is 2.53. The van der Waals surface area contributed by atoms with E-state index < -0.39 is 9.74 Å². The first kappa shape index (κ1) is 18.2. The number of hydrogen-bond donors (Lipinski definition) is 0. The Labute approximate surface area is 147 Å². The van der Waals surface area contributed by atoms with Crippen molar-refractivity contribution in [2.45, 2.75) is 44.5 Å². The van der Waals surface area contributed by atoms with E-state index in [4.69, 9.17) is 4.74 Å². The molecule has 1 aromatic carbocycles. The van der Waals surface area contributed by atoms with E-state index >= 15 is 0 Å². The molecule has 0 saturated heterocycles. The summed E-state index contributed by atoms with van der Waals surface area (Å²) in [6.07, 6.45) is 7.93. The third-order valence-electron chi connectivity index (χ3n) is 4.16. The summed E-state index contributed by atoms with van der Waals surface area (Å²) in [6.45, 7) is 7.16. The van der Waals surface area contributed by atoms with Gasteiger partial charge >= 0.3 is 0 Å². The van der Waals surface area contributed by atoms with Gasteiger partial charge in [-0.05, 0) is 44.7 Å². The van der Waals surface area contributed by atoms with E-state index in [9.17, 15) is 4.79 Å².